The first-order valence-corrected chi connectivity index (χ1v) is 7.07. The van der Waals surface area contributed by atoms with Gasteiger partial charge in [0.05, 0.1) is 0 Å². The molecule has 0 aliphatic heterocycles. The van der Waals surface area contributed by atoms with Crippen molar-refractivity contribution in [2.24, 2.45) is 5.73 Å². The van der Waals surface area contributed by atoms with Crippen LogP contribution in [0.2, 0.25) is 0 Å². The summed E-state index contributed by atoms with van der Waals surface area (Å²) >= 11 is 0. The third-order valence-electron chi connectivity index (χ3n) is 3.28. The van der Waals surface area contributed by atoms with Gasteiger partial charge in [-0.1, -0.05) is 12.1 Å². The molecule has 0 aliphatic rings. The molecule has 1 rings (SSSR count). The van der Waals surface area contributed by atoms with E-state index < -0.39 is 0 Å². The zero-order chi connectivity index (χ0) is 15.0. The summed E-state index contributed by atoms with van der Waals surface area (Å²) in [5.74, 6) is 0. The number of nitrogens with one attached hydrogen (secondary N) is 2. The number of urea groups is 1. The van der Waals surface area contributed by atoms with Crippen LogP contribution in [0.1, 0.15) is 25.8 Å². The molecule has 4 N–H and O–H groups in total. The molecule has 5 nitrogen and oxygen atoms in total. The number of hydrogen-bond acceptors (Lipinski definition) is 3. The number of anilines is 1. The molecule has 0 aromatic heterocycles. The molecule has 0 radical (unpaired) electrons. The molecular weight excluding hydrogens is 252 g/mol. The minimum absolute atomic E-state index is 0.175. The van der Waals surface area contributed by atoms with Gasteiger partial charge >= 0.3 is 6.03 Å². The van der Waals surface area contributed by atoms with Crippen LogP contribution in [0.25, 0.3) is 0 Å². The van der Waals surface area contributed by atoms with Crippen LogP contribution in [0.15, 0.2) is 24.3 Å². The summed E-state index contributed by atoms with van der Waals surface area (Å²) in [6, 6.07) is 7.91. The summed E-state index contributed by atoms with van der Waals surface area (Å²) in [5, 5.41) is 5.66. The number of carbonyl (C=O) groups excluding carboxylic acids is 1. The molecule has 0 spiro atoms. The van der Waals surface area contributed by atoms with Gasteiger partial charge in [0, 0.05) is 24.8 Å². The van der Waals surface area contributed by atoms with E-state index in [1.807, 2.05) is 24.3 Å². The lowest BCUT2D eigenvalue weighted by Gasteiger charge is -2.20. The molecule has 0 aliphatic carbocycles. The van der Waals surface area contributed by atoms with E-state index in [-0.39, 0.29) is 6.03 Å². The number of rotatable bonds is 7. The minimum atomic E-state index is -0.175. The SMILES string of the molecule is CC(C)N(C)CCCNC(=O)Nc1cccc(CN)c1. The summed E-state index contributed by atoms with van der Waals surface area (Å²) < 4.78 is 0. The molecule has 2 amide bonds. The quantitative estimate of drug-likeness (QED) is 0.668. The molecule has 0 saturated carbocycles. The predicted octanol–water partition coefficient (Wildman–Crippen LogP) is 2.00. The molecule has 1 aromatic carbocycles. The van der Waals surface area contributed by atoms with Crippen molar-refractivity contribution in [1.82, 2.24) is 10.2 Å². The standard InChI is InChI=1S/C15H26N4O/c1-12(2)19(3)9-5-8-17-15(20)18-14-7-4-6-13(10-14)11-16/h4,6-7,10,12H,5,8-9,11,16H2,1-3H3,(H2,17,18,20). The summed E-state index contributed by atoms with van der Waals surface area (Å²) in [5.41, 5.74) is 7.34. The maximum Gasteiger partial charge on any atom is 0.319 e. The van der Waals surface area contributed by atoms with Crippen molar-refractivity contribution in [3.05, 3.63) is 29.8 Å². The molecule has 0 bridgehead atoms. The smallest absolute Gasteiger partial charge is 0.319 e. The van der Waals surface area contributed by atoms with Gasteiger partial charge in [0.15, 0.2) is 0 Å². The Bertz CT molecular complexity index is 420. The van der Waals surface area contributed by atoms with E-state index in [2.05, 4.69) is 36.4 Å². The number of benzene rings is 1. The lowest BCUT2D eigenvalue weighted by Crippen LogP contribution is -2.33. The van der Waals surface area contributed by atoms with Gasteiger partial charge in [0.2, 0.25) is 0 Å². The Kier molecular flexibility index (Phi) is 7.04. The van der Waals surface area contributed by atoms with Crippen molar-refractivity contribution < 1.29 is 4.79 Å². The highest BCUT2D eigenvalue weighted by atomic mass is 16.2. The highest BCUT2D eigenvalue weighted by Gasteiger charge is 2.04. The molecule has 112 valence electrons. The average Bonchev–Trinajstić information content (AvgIpc) is 2.43. The summed E-state index contributed by atoms with van der Waals surface area (Å²) in [7, 11) is 2.09. The highest BCUT2D eigenvalue weighted by molar-refractivity contribution is 5.89. The van der Waals surface area contributed by atoms with Crippen molar-refractivity contribution >= 4 is 11.7 Å². The molecule has 0 unspecified atom stereocenters. The summed E-state index contributed by atoms with van der Waals surface area (Å²) in [6.45, 7) is 6.42. The predicted molar refractivity (Wildman–Crippen MR) is 83.7 cm³/mol. The molecule has 0 saturated heterocycles. The zero-order valence-electron chi connectivity index (χ0n) is 12.6. The van der Waals surface area contributed by atoms with Gasteiger partial charge in [-0.2, -0.15) is 0 Å². The van der Waals surface area contributed by atoms with E-state index in [1.165, 1.54) is 0 Å². The normalized spacial score (nSPS) is 10.9. The zero-order valence-corrected chi connectivity index (χ0v) is 12.6. The molecule has 5 heteroatoms. The van der Waals surface area contributed by atoms with Crippen molar-refractivity contribution in [1.29, 1.82) is 0 Å². The van der Waals surface area contributed by atoms with Gasteiger partial charge in [-0.3, -0.25) is 0 Å². The van der Waals surface area contributed by atoms with E-state index in [9.17, 15) is 4.79 Å². The molecule has 20 heavy (non-hydrogen) atoms. The van der Waals surface area contributed by atoms with Crippen molar-refractivity contribution in [3.63, 3.8) is 0 Å². The van der Waals surface area contributed by atoms with Crippen LogP contribution in [-0.2, 0) is 6.54 Å². The number of nitrogens with two attached hydrogens (primary N) is 1. The second-order valence-corrected chi connectivity index (χ2v) is 5.21. The van der Waals surface area contributed by atoms with Crippen LogP contribution in [0.4, 0.5) is 10.5 Å². The second-order valence-electron chi connectivity index (χ2n) is 5.21. The largest absolute Gasteiger partial charge is 0.338 e. The number of hydrogen-bond donors (Lipinski definition) is 3. The van der Waals surface area contributed by atoms with Crippen LogP contribution in [-0.4, -0.2) is 37.1 Å². The van der Waals surface area contributed by atoms with Gasteiger partial charge in [-0.25, -0.2) is 4.79 Å². The van der Waals surface area contributed by atoms with E-state index in [4.69, 9.17) is 5.73 Å². The van der Waals surface area contributed by atoms with Crippen LogP contribution in [0, 0.1) is 0 Å². The Balaban J connectivity index is 2.26. The van der Waals surface area contributed by atoms with E-state index >= 15 is 0 Å². The van der Waals surface area contributed by atoms with Gasteiger partial charge < -0.3 is 21.3 Å². The fourth-order valence-electron chi connectivity index (χ4n) is 1.74. The number of carbonyl (C=O) groups is 1. The van der Waals surface area contributed by atoms with Crippen LogP contribution >= 0.6 is 0 Å². The second kappa shape index (κ2) is 8.55. The fraction of sp³-hybridized carbons (Fsp3) is 0.533. The monoisotopic (exact) mass is 278 g/mol. The molecule has 1 aromatic rings. The van der Waals surface area contributed by atoms with Crippen LogP contribution in [0.5, 0.6) is 0 Å². The molecule has 0 heterocycles. The topological polar surface area (TPSA) is 70.4 Å². The Morgan fingerprint density at radius 1 is 1.40 bits per heavy atom. The lowest BCUT2D eigenvalue weighted by molar-refractivity contribution is 0.248. The van der Waals surface area contributed by atoms with Gasteiger partial charge in [0.1, 0.15) is 0 Å². The Hall–Kier alpha value is -1.59. The first-order chi connectivity index (χ1) is 9.52. The Morgan fingerprint density at radius 2 is 2.15 bits per heavy atom. The maximum absolute atomic E-state index is 11.7. The lowest BCUT2D eigenvalue weighted by atomic mass is 10.2. The van der Waals surface area contributed by atoms with Gasteiger partial charge in [0.25, 0.3) is 0 Å². The highest BCUT2D eigenvalue weighted by Crippen LogP contribution is 2.09. The first kappa shape index (κ1) is 16.5. The van der Waals surface area contributed by atoms with Crippen LogP contribution < -0.4 is 16.4 Å². The Morgan fingerprint density at radius 3 is 2.80 bits per heavy atom. The van der Waals surface area contributed by atoms with Crippen LogP contribution in [0.3, 0.4) is 0 Å². The molecule has 0 fully saturated rings. The fourth-order valence-corrected chi connectivity index (χ4v) is 1.74. The van der Waals surface area contributed by atoms with Crippen molar-refractivity contribution in [2.75, 3.05) is 25.5 Å². The van der Waals surface area contributed by atoms with Crippen molar-refractivity contribution in [2.45, 2.75) is 32.9 Å². The Labute approximate surface area is 121 Å². The van der Waals surface area contributed by atoms with E-state index in [0.29, 0.717) is 19.1 Å². The third kappa shape index (κ3) is 6.04. The molecule has 0 atom stereocenters. The van der Waals surface area contributed by atoms with Crippen molar-refractivity contribution in [3.8, 4) is 0 Å². The molecular formula is C15H26N4O. The third-order valence-corrected chi connectivity index (χ3v) is 3.28. The summed E-state index contributed by atoms with van der Waals surface area (Å²) in [4.78, 5) is 14.0. The number of amides is 2. The van der Waals surface area contributed by atoms with Gasteiger partial charge in [-0.15, -0.1) is 0 Å². The minimum Gasteiger partial charge on any atom is -0.338 e. The first-order valence-electron chi connectivity index (χ1n) is 7.07. The van der Waals surface area contributed by atoms with E-state index in [1.54, 1.807) is 0 Å². The maximum atomic E-state index is 11.7. The van der Waals surface area contributed by atoms with E-state index in [0.717, 1.165) is 24.2 Å². The summed E-state index contributed by atoms with van der Waals surface area (Å²) in [6.07, 6.45) is 0.935. The van der Waals surface area contributed by atoms with Gasteiger partial charge in [-0.05, 0) is 51.6 Å². The number of nitrogens with zero attached hydrogens (tertiary/aromatic N) is 1. The average molecular weight is 278 g/mol.